The first-order valence-electron chi connectivity index (χ1n) is 7.06. The zero-order valence-corrected chi connectivity index (χ0v) is 13.1. The monoisotopic (exact) mass is 316 g/mol. The topological polar surface area (TPSA) is 32.8 Å². The summed E-state index contributed by atoms with van der Waals surface area (Å²) in [6.45, 7) is 6.05. The van der Waals surface area contributed by atoms with Gasteiger partial charge in [0.1, 0.15) is 5.82 Å². The largest absolute Gasteiger partial charge is 0.381 e. The van der Waals surface area contributed by atoms with Crippen LogP contribution in [0.5, 0.6) is 0 Å². The maximum atomic E-state index is 12.9. The lowest BCUT2D eigenvalue weighted by atomic mass is 10.2. The Bertz CT molecular complexity index is 434. The molecule has 1 aliphatic rings. The van der Waals surface area contributed by atoms with Crippen molar-refractivity contribution in [2.45, 2.75) is 13.3 Å². The molecule has 1 saturated heterocycles. The lowest BCUT2D eigenvalue weighted by Gasteiger charge is -2.36. The number of halogens is 2. The number of hydrogen-bond donors (Lipinski definition) is 0. The van der Waals surface area contributed by atoms with E-state index in [0.29, 0.717) is 32.7 Å². The van der Waals surface area contributed by atoms with Crippen LogP contribution in [0.2, 0.25) is 0 Å². The van der Waals surface area contributed by atoms with Gasteiger partial charge in [0, 0.05) is 38.5 Å². The molecule has 0 atom stereocenters. The third-order valence-electron chi connectivity index (χ3n) is 3.49. The molecule has 1 aromatic carbocycles. The minimum atomic E-state index is -0.224. The second-order valence-electron chi connectivity index (χ2n) is 4.79. The molecule has 0 unspecified atom stereocenters. The van der Waals surface area contributed by atoms with Gasteiger partial charge in [-0.05, 0) is 31.2 Å². The molecular formula is C15H22ClFN2O2. The van der Waals surface area contributed by atoms with Gasteiger partial charge in [0.05, 0.1) is 13.0 Å². The molecular weight excluding hydrogens is 295 g/mol. The number of nitrogens with zero attached hydrogens (tertiary/aromatic N) is 2. The van der Waals surface area contributed by atoms with Gasteiger partial charge < -0.3 is 14.5 Å². The zero-order valence-electron chi connectivity index (χ0n) is 12.3. The summed E-state index contributed by atoms with van der Waals surface area (Å²) < 4.78 is 18.1. The summed E-state index contributed by atoms with van der Waals surface area (Å²) in [5, 5.41) is 0. The van der Waals surface area contributed by atoms with Crippen LogP contribution in [0.4, 0.5) is 10.1 Å². The van der Waals surface area contributed by atoms with Crippen molar-refractivity contribution in [3.05, 3.63) is 30.1 Å². The fourth-order valence-corrected chi connectivity index (χ4v) is 2.33. The Labute approximate surface area is 131 Å². The van der Waals surface area contributed by atoms with Gasteiger partial charge in [-0.1, -0.05) is 0 Å². The van der Waals surface area contributed by atoms with Crippen molar-refractivity contribution >= 4 is 24.0 Å². The van der Waals surface area contributed by atoms with Crippen LogP contribution in [0.15, 0.2) is 24.3 Å². The zero-order chi connectivity index (χ0) is 14.4. The predicted octanol–water partition coefficient (Wildman–Crippen LogP) is 2.32. The Kier molecular flexibility index (Phi) is 7.47. The van der Waals surface area contributed by atoms with Crippen molar-refractivity contribution in [1.82, 2.24) is 4.90 Å². The smallest absolute Gasteiger partial charge is 0.225 e. The summed E-state index contributed by atoms with van der Waals surface area (Å²) in [5.41, 5.74) is 1.01. The fraction of sp³-hybridized carbons (Fsp3) is 0.533. The molecule has 0 aromatic heterocycles. The van der Waals surface area contributed by atoms with Crippen LogP contribution in [-0.4, -0.2) is 50.2 Å². The summed E-state index contributed by atoms with van der Waals surface area (Å²) >= 11 is 0. The molecule has 1 amide bonds. The maximum Gasteiger partial charge on any atom is 0.225 e. The first-order chi connectivity index (χ1) is 9.70. The van der Waals surface area contributed by atoms with Crippen molar-refractivity contribution in [2.75, 3.05) is 44.3 Å². The molecule has 0 spiro atoms. The standard InChI is InChI=1S/C15H21FN2O2.ClH/c1-2-20-12-7-15(19)18-10-8-17(9-11-18)14-5-3-13(16)4-6-14;/h3-6H,2,7-12H2,1H3;1H. The minimum absolute atomic E-state index is 0. The summed E-state index contributed by atoms with van der Waals surface area (Å²) in [7, 11) is 0. The highest BCUT2D eigenvalue weighted by Crippen LogP contribution is 2.17. The molecule has 1 aromatic rings. The SMILES string of the molecule is CCOCCC(=O)N1CCN(c2ccc(F)cc2)CC1.Cl. The molecule has 1 fully saturated rings. The van der Waals surface area contributed by atoms with E-state index in [-0.39, 0.29) is 24.1 Å². The van der Waals surface area contributed by atoms with Gasteiger partial charge in [-0.3, -0.25) is 4.79 Å². The van der Waals surface area contributed by atoms with E-state index >= 15 is 0 Å². The molecule has 0 N–H and O–H groups in total. The van der Waals surface area contributed by atoms with Gasteiger partial charge in [-0.25, -0.2) is 4.39 Å². The van der Waals surface area contributed by atoms with E-state index in [1.165, 1.54) is 12.1 Å². The van der Waals surface area contributed by atoms with Crippen LogP contribution in [0, 0.1) is 5.82 Å². The van der Waals surface area contributed by atoms with E-state index in [1.54, 1.807) is 12.1 Å². The number of carbonyl (C=O) groups excluding carboxylic acids is 1. The van der Waals surface area contributed by atoms with Crippen molar-refractivity contribution in [3.63, 3.8) is 0 Å². The molecule has 4 nitrogen and oxygen atoms in total. The van der Waals surface area contributed by atoms with Gasteiger partial charge in [-0.15, -0.1) is 12.4 Å². The summed E-state index contributed by atoms with van der Waals surface area (Å²) in [6.07, 6.45) is 0.449. The predicted molar refractivity (Wildman–Crippen MR) is 83.6 cm³/mol. The number of carbonyl (C=O) groups is 1. The van der Waals surface area contributed by atoms with Crippen molar-refractivity contribution in [1.29, 1.82) is 0 Å². The van der Waals surface area contributed by atoms with Crippen molar-refractivity contribution < 1.29 is 13.9 Å². The molecule has 1 heterocycles. The Morgan fingerprint density at radius 1 is 1.19 bits per heavy atom. The number of anilines is 1. The van der Waals surface area contributed by atoms with Crippen LogP contribution in [0.1, 0.15) is 13.3 Å². The highest BCUT2D eigenvalue weighted by atomic mass is 35.5. The molecule has 0 aliphatic carbocycles. The molecule has 1 aliphatic heterocycles. The molecule has 6 heteroatoms. The van der Waals surface area contributed by atoms with E-state index < -0.39 is 0 Å². The number of hydrogen-bond acceptors (Lipinski definition) is 3. The highest BCUT2D eigenvalue weighted by Gasteiger charge is 2.20. The number of amides is 1. The average Bonchev–Trinajstić information content (AvgIpc) is 2.48. The molecule has 0 bridgehead atoms. The highest BCUT2D eigenvalue weighted by molar-refractivity contribution is 5.85. The lowest BCUT2D eigenvalue weighted by Crippen LogP contribution is -2.49. The van der Waals surface area contributed by atoms with Crippen LogP contribution in [-0.2, 0) is 9.53 Å². The molecule has 2 rings (SSSR count). The first kappa shape index (κ1) is 17.7. The van der Waals surface area contributed by atoms with Gasteiger partial charge in [0.15, 0.2) is 0 Å². The van der Waals surface area contributed by atoms with Gasteiger partial charge in [0.2, 0.25) is 5.91 Å². The first-order valence-corrected chi connectivity index (χ1v) is 7.06. The van der Waals surface area contributed by atoms with E-state index in [0.717, 1.165) is 18.8 Å². The van der Waals surface area contributed by atoms with E-state index in [9.17, 15) is 9.18 Å². The number of piperazine rings is 1. The second-order valence-corrected chi connectivity index (χ2v) is 4.79. The fourth-order valence-electron chi connectivity index (χ4n) is 2.33. The summed E-state index contributed by atoms with van der Waals surface area (Å²) in [4.78, 5) is 16.0. The average molecular weight is 317 g/mol. The van der Waals surface area contributed by atoms with Crippen LogP contribution in [0.25, 0.3) is 0 Å². The van der Waals surface area contributed by atoms with E-state index in [2.05, 4.69) is 4.90 Å². The van der Waals surface area contributed by atoms with Crippen LogP contribution in [0.3, 0.4) is 0 Å². The quantitative estimate of drug-likeness (QED) is 0.782. The maximum absolute atomic E-state index is 12.9. The summed E-state index contributed by atoms with van der Waals surface area (Å²) in [5.74, 6) is -0.0734. The number of ether oxygens (including phenoxy) is 1. The third-order valence-corrected chi connectivity index (χ3v) is 3.49. The van der Waals surface area contributed by atoms with E-state index in [4.69, 9.17) is 4.74 Å². The van der Waals surface area contributed by atoms with Crippen LogP contribution < -0.4 is 4.90 Å². The Morgan fingerprint density at radius 3 is 2.38 bits per heavy atom. The number of rotatable bonds is 5. The van der Waals surface area contributed by atoms with E-state index in [1.807, 2.05) is 11.8 Å². The third kappa shape index (κ3) is 5.17. The van der Waals surface area contributed by atoms with Crippen LogP contribution >= 0.6 is 12.4 Å². The van der Waals surface area contributed by atoms with Crippen molar-refractivity contribution in [2.24, 2.45) is 0 Å². The Hall–Kier alpha value is -1.33. The molecule has 21 heavy (non-hydrogen) atoms. The lowest BCUT2D eigenvalue weighted by molar-refractivity contribution is -0.132. The van der Waals surface area contributed by atoms with Gasteiger partial charge >= 0.3 is 0 Å². The summed E-state index contributed by atoms with van der Waals surface area (Å²) in [6, 6.07) is 6.49. The minimum Gasteiger partial charge on any atom is -0.381 e. The Morgan fingerprint density at radius 2 is 1.81 bits per heavy atom. The molecule has 118 valence electrons. The van der Waals surface area contributed by atoms with Gasteiger partial charge in [0.25, 0.3) is 0 Å². The normalized spacial score (nSPS) is 14.8. The molecule has 0 saturated carbocycles. The Balaban J connectivity index is 0.00000220. The number of benzene rings is 1. The second kappa shape index (κ2) is 8.85. The van der Waals surface area contributed by atoms with Gasteiger partial charge in [-0.2, -0.15) is 0 Å². The molecule has 0 radical (unpaired) electrons. The van der Waals surface area contributed by atoms with Crippen molar-refractivity contribution in [3.8, 4) is 0 Å².